The lowest BCUT2D eigenvalue weighted by molar-refractivity contribution is 0.198. The average Bonchev–Trinajstić information content (AvgIpc) is 2.86. The lowest BCUT2D eigenvalue weighted by atomic mass is 9.98. The van der Waals surface area contributed by atoms with Crippen LogP contribution in [0.2, 0.25) is 0 Å². The molecule has 0 spiro atoms. The lowest BCUT2D eigenvalue weighted by Gasteiger charge is -2.31. The van der Waals surface area contributed by atoms with Crippen molar-refractivity contribution in [3.63, 3.8) is 0 Å². The molecule has 3 rings (SSSR count). The number of piperidine rings is 1. The maximum Gasteiger partial charge on any atom is 0.125 e. The van der Waals surface area contributed by atoms with Gasteiger partial charge in [0.25, 0.3) is 0 Å². The first-order chi connectivity index (χ1) is 9.70. The van der Waals surface area contributed by atoms with Crippen molar-refractivity contribution in [3.05, 3.63) is 39.9 Å². The SMILES string of the molecule is Cc1nccc(CN2CCC[C@@H](c3ncc(C)s3)C2)n1. The fourth-order valence-corrected chi connectivity index (χ4v) is 3.68. The molecular weight excluding hydrogens is 268 g/mol. The molecule has 1 fully saturated rings. The van der Waals surface area contributed by atoms with Gasteiger partial charge < -0.3 is 0 Å². The number of hydrogen-bond acceptors (Lipinski definition) is 5. The van der Waals surface area contributed by atoms with Crippen molar-refractivity contribution in [2.75, 3.05) is 13.1 Å². The first-order valence-corrected chi connectivity index (χ1v) is 7.95. The van der Waals surface area contributed by atoms with E-state index in [1.165, 1.54) is 22.7 Å². The summed E-state index contributed by atoms with van der Waals surface area (Å²) >= 11 is 1.84. The number of rotatable bonds is 3. The second kappa shape index (κ2) is 5.97. The molecule has 0 unspecified atom stereocenters. The van der Waals surface area contributed by atoms with E-state index in [-0.39, 0.29) is 0 Å². The molecule has 4 nitrogen and oxygen atoms in total. The van der Waals surface area contributed by atoms with Crippen molar-refractivity contribution in [2.24, 2.45) is 0 Å². The number of thiazole rings is 1. The van der Waals surface area contributed by atoms with E-state index in [2.05, 4.69) is 26.8 Å². The zero-order chi connectivity index (χ0) is 13.9. The van der Waals surface area contributed by atoms with Crippen LogP contribution >= 0.6 is 11.3 Å². The molecule has 1 saturated heterocycles. The number of hydrogen-bond donors (Lipinski definition) is 0. The Morgan fingerprint density at radius 3 is 3.00 bits per heavy atom. The van der Waals surface area contributed by atoms with Crippen molar-refractivity contribution in [3.8, 4) is 0 Å². The van der Waals surface area contributed by atoms with Crippen molar-refractivity contribution in [1.29, 1.82) is 0 Å². The van der Waals surface area contributed by atoms with Gasteiger partial charge in [-0.2, -0.15) is 0 Å². The second-order valence-corrected chi connectivity index (χ2v) is 6.74. The van der Waals surface area contributed by atoms with Gasteiger partial charge in [-0.25, -0.2) is 15.0 Å². The molecule has 0 saturated carbocycles. The van der Waals surface area contributed by atoms with Crippen LogP contribution in [0, 0.1) is 13.8 Å². The van der Waals surface area contributed by atoms with Gasteiger partial charge in [0.2, 0.25) is 0 Å². The van der Waals surface area contributed by atoms with Crippen LogP contribution in [0.15, 0.2) is 18.5 Å². The van der Waals surface area contributed by atoms with E-state index in [9.17, 15) is 0 Å². The molecule has 2 aromatic rings. The highest BCUT2D eigenvalue weighted by molar-refractivity contribution is 7.11. The molecule has 0 aliphatic carbocycles. The molecule has 0 bridgehead atoms. The van der Waals surface area contributed by atoms with E-state index in [0.29, 0.717) is 5.92 Å². The van der Waals surface area contributed by atoms with Gasteiger partial charge in [0.05, 0.1) is 10.7 Å². The molecule has 106 valence electrons. The fourth-order valence-electron chi connectivity index (χ4n) is 2.78. The van der Waals surface area contributed by atoms with Gasteiger partial charge in [0.1, 0.15) is 5.82 Å². The van der Waals surface area contributed by atoms with E-state index < -0.39 is 0 Å². The Hall–Kier alpha value is -1.33. The molecule has 2 aromatic heterocycles. The van der Waals surface area contributed by atoms with Gasteiger partial charge in [-0.3, -0.25) is 4.90 Å². The molecule has 20 heavy (non-hydrogen) atoms. The summed E-state index contributed by atoms with van der Waals surface area (Å²) < 4.78 is 0. The third-order valence-electron chi connectivity index (χ3n) is 3.71. The van der Waals surface area contributed by atoms with Crippen molar-refractivity contribution in [2.45, 2.75) is 39.2 Å². The van der Waals surface area contributed by atoms with Gasteiger partial charge >= 0.3 is 0 Å². The summed E-state index contributed by atoms with van der Waals surface area (Å²) in [5, 5.41) is 1.30. The molecule has 3 heterocycles. The highest BCUT2D eigenvalue weighted by Crippen LogP contribution is 2.30. The minimum absolute atomic E-state index is 0.588. The lowest BCUT2D eigenvalue weighted by Crippen LogP contribution is -2.34. The number of aromatic nitrogens is 3. The van der Waals surface area contributed by atoms with Gasteiger partial charge in [-0.15, -0.1) is 11.3 Å². The molecule has 0 aromatic carbocycles. The zero-order valence-corrected chi connectivity index (χ0v) is 12.9. The third-order valence-corrected chi connectivity index (χ3v) is 4.79. The minimum atomic E-state index is 0.588. The van der Waals surface area contributed by atoms with E-state index in [0.717, 1.165) is 31.2 Å². The summed E-state index contributed by atoms with van der Waals surface area (Å²) in [6.07, 6.45) is 6.34. The van der Waals surface area contributed by atoms with Crippen LogP contribution in [0.25, 0.3) is 0 Å². The van der Waals surface area contributed by atoms with Gasteiger partial charge in [0, 0.05) is 36.3 Å². The molecule has 0 radical (unpaired) electrons. The van der Waals surface area contributed by atoms with Gasteiger partial charge in [-0.1, -0.05) is 0 Å². The van der Waals surface area contributed by atoms with Gasteiger partial charge in [-0.05, 0) is 39.3 Å². The summed E-state index contributed by atoms with van der Waals surface area (Å²) in [5.74, 6) is 1.44. The van der Waals surface area contributed by atoms with Crippen LogP contribution in [0.1, 0.15) is 40.2 Å². The van der Waals surface area contributed by atoms with Crippen LogP contribution in [0.4, 0.5) is 0 Å². The quantitative estimate of drug-likeness (QED) is 0.871. The third kappa shape index (κ3) is 3.22. The van der Waals surface area contributed by atoms with E-state index in [1.54, 1.807) is 0 Å². The number of nitrogens with zero attached hydrogens (tertiary/aromatic N) is 4. The normalized spacial score (nSPS) is 20.2. The minimum Gasteiger partial charge on any atom is -0.297 e. The van der Waals surface area contributed by atoms with Crippen LogP contribution in [-0.4, -0.2) is 32.9 Å². The largest absolute Gasteiger partial charge is 0.297 e. The molecule has 0 amide bonds. The maximum absolute atomic E-state index is 4.56. The van der Waals surface area contributed by atoms with Crippen LogP contribution < -0.4 is 0 Å². The summed E-state index contributed by atoms with van der Waals surface area (Å²) in [4.78, 5) is 17.0. The van der Waals surface area contributed by atoms with E-state index >= 15 is 0 Å². The second-order valence-electron chi connectivity index (χ2n) is 5.48. The molecule has 0 N–H and O–H groups in total. The van der Waals surface area contributed by atoms with Crippen LogP contribution in [0.5, 0.6) is 0 Å². The summed E-state index contributed by atoms with van der Waals surface area (Å²) in [5.41, 5.74) is 1.12. The summed E-state index contributed by atoms with van der Waals surface area (Å²) in [6, 6.07) is 2.02. The van der Waals surface area contributed by atoms with Crippen LogP contribution in [0.3, 0.4) is 0 Å². The molecule has 1 aliphatic heterocycles. The fraction of sp³-hybridized carbons (Fsp3) is 0.533. The Morgan fingerprint density at radius 1 is 1.35 bits per heavy atom. The zero-order valence-electron chi connectivity index (χ0n) is 12.0. The Balaban J connectivity index is 1.66. The standard InChI is InChI=1S/C15H20N4S/c1-11-8-17-15(20-11)13-4-3-7-19(9-13)10-14-5-6-16-12(2)18-14/h5-6,8,13H,3-4,7,9-10H2,1-2H3/t13-/m1/s1. The van der Waals surface area contributed by atoms with Gasteiger partial charge in [0.15, 0.2) is 0 Å². The Morgan fingerprint density at radius 2 is 2.25 bits per heavy atom. The van der Waals surface area contributed by atoms with Crippen LogP contribution in [-0.2, 0) is 6.54 Å². The topological polar surface area (TPSA) is 41.9 Å². The highest BCUT2D eigenvalue weighted by Gasteiger charge is 2.23. The predicted octanol–water partition coefficient (Wildman–Crippen LogP) is 2.93. The smallest absolute Gasteiger partial charge is 0.125 e. The summed E-state index contributed by atoms with van der Waals surface area (Å²) in [6.45, 7) is 7.25. The maximum atomic E-state index is 4.56. The molecule has 1 atom stereocenters. The Kier molecular flexibility index (Phi) is 4.08. The number of likely N-dealkylation sites (tertiary alicyclic amines) is 1. The highest BCUT2D eigenvalue weighted by atomic mass is 32.1. The Bertz CT molecular complexity index is 581. The molecular formula is C15H20N4S. The van der Waals surface area contributed by atoms with Crippen molar-refractivity contribution >= 4 is 11.3 Å². The first-order valence-electron chi connectivity index (χ1n) is 7.14. The average molecular weight is 288 g/mol. The van der Waals surface area contributed by atoms with E-state index in [1.807, 2.05) is 36.7 Å². The first kappa shape index (κ1) is 13.6. The predicted molar refractivity (Wildman–Crippen MR) is 80.9 cm³/mol. The van der Waals surface area contributed by atoms with Crippen molar-refractivity contribution in [1.82, 2.24) is 19.9 Å². The molecule has 5 heteroatoms. The van der Waals surface area contributed by atoms with Crippen molar-refractivity contribution < 1.29 is 0 Å². The number of aryl methyl sites for hydroxylation is 2. The Labute approximate surface area is 123 Å². The van der Waals surface area contributed by atoms with E-state index in [4.69, 9.17) is 0 Å². The molecule has 1 aliphatic rings. The monoisotopic (exact) mass is 288 g/mol. The summed E-state index contributed by atoms with van der Waals surface area (Å²) in [7, 11) is 0.